The van der Waals surface area contributed by atoms with E-state index in [0.717, 1.165) is 0 Å². The van der Waals surface area contributed by atoms with Gasteiger partial charge in [-0.1, -0.05) is 149 Å². The molecular formula is C32H54F3N3OS. The van der Waals surface area contributed by atoms with Gasteiger partial charge in [-0.3, -0.25) is 0 Å². The smallest absolute Gasteiger partial charge is 0.422 e. The van der Waals surface area contributed by atoms with E-state index in [1.54, 1.807) is 6.07 Å². The second-order valence-electron chi connectivity index (χ2n) is 10.3. The molecule has 0 aliphatic carbocycles. The van der Waals surface area contributed by atoms with Gasteiger partial charge in [0.25, 0.3) is 5.69 Å². The third-order valence-corrected chi connectivity index (χ3v) is 6.98. The molecule has 40 heavy (non-hydrogen) atoms. The number of nitrogens with zero attached hydrogens (tertiary/aromatic N) is 2. The van der Waals surface area contributed by atoms with E-state index in [2.05, 4.69) is 36.2 Å². The Balaban J connectivity index is 0. The Morgan fingerprint density at radius 3 is 1.30 bits per heavy atom. The molecule has 1 N–H and O–H groups in total. The van der Waals surface area contributed by atoms with E-state index < -0.39 is 12.8 Å². The first-order chi connectivity index (χ1) is 19.3. The van der Waals surface area contributed by atoms with Gasteiger partial charge in [0.1, 0.15) is 0 Å². The first kappa shape index (κ1) is 40.2. The lowest BCUT2D eigenvalue weighted by Crippen LogP contribution is -2.23. The van der Waals surface area contributed by atoms with E-state index in [4.69, 9.17) is 17.1 Å². The van der Waals surface area contributed by atoms with Gasteiger partial charge in [-0.15, -0.1) is 12.6 Å². The number of thiol groups is 1. The highest BCUT2D eigenvalue weighted by Gasteiger charge is 2.29. The van der Waals surface area contributed by atoms with Crippen LogP contribution in [0, 0.1) is 23.2 Å². The van der Waals surface area contributed by atoms with Gasteiger partial charge in [0.2, 0.25) is 0 Å². The summed E-state index contributed by atoms with van der Waals surface area (Å²) >= 11 is 3.92. The van der Waals surface area contributed by atoms with Crippen molar-refractivity contribution >= 4 is 12.6 Å². The molecule has 0 aliphatic heterocycles. The Morgan fingerprint density at radius 2 is 1.02 bits per heavy atom. The topological polar surface area (TPSA) is 70.9 Å². The molecule has 0 atom stereocenters. The van der Waals surface area contributed by atoms with Crippen molar-refractivity contribution in [2.24, 2.45) is 0 Å². The largest absolute Gasteiger partial charge is 0.512 e. The Labute approximate surface area is 248 Å². The summed E-state index contributed by atoms with van der Waals surface area (Å²) < 4.78 is 39.8. The molecule has 1 rings (SSSR count). The number of aromatic nitrogens is 1. The fraction of sp³-hybridized carbons (Fsp3) is 0.781. The maximum atomic E-state index is 11.8. The third-order valence-electron chi connectivity index (χ3n) is 6.61. The summed E-state index contributed by atoms with van der Waals surface area (Å²) in [5.74, 6) is -0.123. The first-order valence-corrected chi connectivity index (χ1v) is 15.9. The van der Waals surface area contributed by atoms with Crippen molar-refractivity contribution in [3.8, 4) is 11.9 Å². The first-order valence-electron chi connectivity index (χ1n) is 15.4. The molecule has 1 aromatic heterocycles. The van der Waals surface area contributed by atoms with Gasteiger partial charge in [0.15, 0.2) is 12.7 Å². The third kappa shape index (κ3) is 29.1. The Kier molecular flexibility index (Phi) is 30.2. The van der Waals surface area contributed by atoms with Crippen molar-refractivity contribution in [1.29, 1.82) is 10.5 Å². The van der Waals surface area contributed by atoms with Crippen molar-refractivity contribution in [1.82, 2.24) is 0 Å². The van der Waals surface area contributed by atoms with Gasteiger partial charge in [-0.05, 0) is 6.07 Å². The maximum absolute atomic E-state index is 11.8. The molecule has 230 valence electrons. The van der Waals surface area contributed by atoms with Gasteiger partial charge in [0, 0.05) is 0 Å². The van der Waals surface area contributed by atoms with Crippen LogP contribution >= 0.6 is 12.6 Å². The molecule has 0 saturated carbocycles. The molecule has 0 radical (unpaired) electrons. The number of hydrogen-bond donors (Lipinski definition) is 1. The molecule has 0 aromatic carbocycles. The lowest BCUT2D eigenvalue weighted by atomic mass is 10.0. The van der Waals surface area contributed by atoms with E-state index in [1.807, 2.05) is 0 Å². The summed E-state index contributed by atoms with van der Waals surface area (Å²) in [5.41, 5.74) is 0.0537. The minimum atomic E-state index is -4.40. The zero-order valence-corrected chi connectivity index (χ0v) is 26.0. The van der Waals surface area contributed by atoms with Crippen LogP contribution in [0.25, 0.3) is 0 Å². The summed E-state index contributed by atoms with van der Waals surface area (Å²) in [7, 11) is 0. The Hall–Kier alpha value is -1.93. The van der Waals surface area contributed by atoms with Gasteiger partial charge in [-0.25, -0.2) is 0 Å². The standard InChI is InChI=1S/C23H48.C8H5F3N2OS.CN/c1-3-5-7-9-11-13-15-17-19-21-23-22-20-18-16-14-12-10-8-6-4-2;9-8(10,11)4-14-7-2-1-6(15)5(3-12)13-7;1-2/h3-23H2,1-2H3;1-2,15H,4H2;/q;;-1/p+1. The average molecular weight is 586 g/mol. The average Bonchev–Trinajstić information content (AvgIpc) is 2.95. The van der Waals surface area contributed by atoms with Crippen LogP contribution in [-0.4, -0.2) is 12.8 Å². The summed E-state index contributed by atoms with van der Waals surface area (Å²) in [5, 5.41) is 14.8. The number of alkyl halides is 3. The van der Waals surface area contributed by atoms with Crippen LogP contribution in [0.15, 0.2) is 17.0 Å². The molecule has 0 bridgehead atoms. The summed E-state index contributed by atoms with van der Waals surface area (Å²) in [6.07, 6.45) is 26.5. The number of halogens is 3. The van der Waals surface area contributed by atoms with Crippen molar-refractivity contribution in [2.45, 2.75) is 160 Å². The number of ether oxygens (including phenoxy) is 1. The van der Waals surface area contributed by atoms with E-state index in [1.165, 1.54) is 147 Å². The highest BCUT2D eigenvalue weighted by molar-refractivity contribution is 7.80. The van der Waals surface area contributed by atoms with E-state index in [9.17, 15) is 13.2 Å². The summed E-state index contributed by atoms with van der Waals surface area (Å²) in [6, 6.07) is 4.39. The van der Waals surface area contributed by atoms with Crippen molar-refractivity contribution in [3.05, 3.63) is 24.4 Å². The Morgan fingerprint density at radius 1 is 0.700 bits per heavy atom. The highest BCUT2D eigenvalue weighted by atomic mass is 32.1. The highest BCUT2D eigenvalue weighted by Crippen LogP contribution is 2.17. The molecule has 0 aliphatic rings. The molecule has 4 nitrogen and oxygen atoms in total. The second-order valence-corrected chi connectivity index (χ2v) is 10.8. The normalized spacial score (nSPS) is 10.6. The number of nitriles is 1. The van der Waals surface area contributed by atoms with Crippen LogP contribution in [0.2, 0.25) is 0 Å². The second kappa shape index (κ2) is 30.0. The van der Waals surface area contributed by atoms with Crippen LogP contribution in [-0.2, 0) is 0 Å². The van der Waals surface area contributed by atoms with Gasteiger partial charge >= 0.3 is 12.1 Å². The minimum Gasteiger partial charge on any atom is -0.512 e. The number of rotatable bonds is 22. The minimum absolute atomic E-state index is 0.0537. The Bertz CT molecular complexity index is 731. The van der Waals surface area contributed by atoms with Crippen molar-refractivity contribution in [2.75, 3.05) is 6.61 Å². The number of unbranched alkanes of at least 4 members (excludes halogenated alkanes) is 20. The number of H-pyrrole nitrogens is 1. The van der Waals surface area contributed by atoms with Crippen LogP contribution in [0.3, 0.4) is 0 Å². The SMILES string of the molecule is CCCCCCCCCCCCCCCCCCCCCCC.N#Cc1[nH+]c(OCC(F)(F)F)ccc1S.[C-]#N. The van der Waals surface area contributed by atoms with E-state index in [-0.39, 0.29) is 11.6 Å². The van der Waals surface area contributed by atoms with Gasteiger partial charge < -0.3 is 16.6 Å². The molecule has 0 spiro atoms. The molecular weight excluding hydrogens is 531 g/mol. The number of nitrogens with one attached hydrogen (secondary N) is 1. The zero-order chi connectivity index (χ0) is 30.3. The lowest BCUT2D eigenvalue weighted by molar-refractivity contribution is -0.404. The number of pyridine rings is 1. The fourth-order valence-electron chi connectivity index (χ4n) is 4.30. The van der Waals surface area contributed by atoms with Crippen LogP contribution in [0.4, 0.5) is 13.2 Å². The lowest BCUT2D eigenvalue weighted by Gasteiger charge is -2.04. The van der Waals surface area contributed by atoms with Crippen molar-refractivity contribution in [3.63, 3.8) is 0 Å². The van der Waals surface area contributed by atoms with Crippen LogP contribution in [0.1, 0.15) is 154 Å². The maximum Gasteiger partial charge on any atom is 0.422 e. The van der Waals surface area contributed by atoms with Crippen molar-refractivity contribution < 1.29 is 22.9 Å². The number of hydrogen-bond acceptors (Lipinski definition) is 4. The quantitative estimate of drug-likeness (QED) is 0.0836. The van der Waals surface area contributed by atoms with Gasteiger partial charge in [-0.2, -0.15) is 23.4 Å². The molecule has 0 amide bonds. The zero-order valence-electron chi connectivity index (χ0n) is 25.1. The molecule has 0 fully saturated rings. The fourth-order valence-corrected chi connectivity index (χ4v) is 4.48. The predicted octanol–water partition coefficient (Wildman–Crippen LogP) is 10.9. The van der Waals surface area contributed by atoms with E-state index >= 15 is 0 Å². The number of aromatic amines is 1. The van der Waals surface area contributed by atoms with Crippen LogP contribution in [0.5, 0.6) is 5.88 Å². The van der Waals surface area contributed by atoms with E-state index in [0.29, 0.717) is 4.90 Å². The summed E-state index contributed by atoms with van der Waals surface area (Å²) in [4.78, 5) is 2.72. The monoisotopic (exact) mass is 585 g/mol. The summed E-state index contributed by atoms with van der Waals surface area (Å²) in [6.45, 7) is 7.95. The molecule has 8 heteroatoms. The van der Waals surface area contributed by atoms with Crippen LogP contribution < -0.4 is 9.72 Å². The molecule has 0 saturated heterocycles. The molecule has 0 unspecified atom stereocenters. The predicted molar refractivity (Wildman–Crippen MR) is 160 cm³/mol. The molecule has 1 heterocycles. The van der Waals surface area contributed by atoms with Gasteiger partial charge in [0.05, 0.1) is 11.0 Å². The molecule has 1 aromatic rings.